The Balaban J connectivity index is 1.36. The smallest absolute Gasteiger partial charge is 0.243 e. The first-order valence-corrected chi connectivity index (χ1v) is 12.2. The number of methoxy groups -OCH3 is 1. The van der Waals surface area contributed by atoms with Crippen molar-refractivity contribution in [3.63, 3.8) is 0 Å². The average Bonchev–Trinajstić information content (AvgIpc) is 3.28. The van der Waals surface area contributed by atoms with Gasteiger partial charge in [0, 0.05) is 18.7 Å². The number of benzene rings is 3. The van der Waals surface area contributed by atoms with Gasteiger partial charge in [0.15, 0.2) is 0 Å². The number of nitrogens with one attached hydrogen (secondary N) is 1. The molecule has 1 N–H and O–H groups in total. The molecule has 32 heavy (non-hydrogen) atoms. The predicted octanol–water partition coefficient (Wildman–Crippen LogP) is 4.81. The van der Waals surface area contributed by atoms with Crippen LogP contribution in [-0.4, -0.2) is 42.9 Å². The summed E-state index contributed by atoms with van der Waals surface area (Å²) in [5.74, 6) is 1.89. The Labute approximate surface area is 187 Å². The van der Waals surface area contributed by atoms with Crippen molar-refractivity contribution < 1.29 is 13.2 Å². The summed E-state index contributed by atoms with van der Waals surface area (Å²) in [5, 5.41) is 0. The molecule has 1 aromatic heterocycles. The van der Waals surface area contributed by atoms with Gasteiger partial charge in [-0.05, 0) is 48.6 Å². The van der Waals surface area contributed by atoms with Gasteiger partial charge in [-0.1, -0.05) is 48.5 Å². The molecule has 0 aliphatic carbocycles. The van der Waals surface area contributed by atoms with Crippen LogP contribution in [0.2, 0.25) is 0 Å². The van der Waals surface area contributed by atoms with Crippen LogP contribution in [0.1, 0.15) is 24.3 Å². The van der Waals surface area contributed by atoms with E-state index in [0.717, 1.165) is 41.1 Å². The van der Waals surface area contributed by atoms with Crippen molar-refractivity contribution in [1.29, 1.82) is 0 Å². The third-order valence-electron chi connectivity index (χ3n) is 6.17. The highest BCUT2D eigenvalue weighted by Gasteiger charge is 2.31. The van der Waals surface area contributed by atoms with Crippen LogP contribution in [0.3, 0.4) is 0 Å². The minimum Gasteiger partial charge on any atom is -0.496 e. The Kier molecular flexibility index (Phi) is 5.45. The third kappa shape index (κ3) is 3.78. The van der Waals surface area contributed by atoms with Gasteiger partial charge in [-0.3, -0.25) is 0 Å². The molecule has 4 aromatic rings. The minimum atomic E-state index is -3.58. The van der Waals surface area contributed by atoms with E-state index >= 15 is 0 Å². The molecule has 0 amide bonds. The SMILES string of the molecule is COc1ccccc1C1CCN(S(=O)(=O)c2ccc3nc(-c4ccccc4)[nH]c3c2)CC1. The third-order valence-corrected chi connectivity index (χ3v) is 8.07. The molecule has 2 heterocycles. The second kappa shape index (κ2) is 8.41. The van der Waals surface area contributed by atoms with Gasteiger partial charge in [0.2, 0.25) is 10.0 Å². The highest BCUT2D eigenvalue weighted by Crippen LogP contribution is 2.35. The molecule has 0 atom stereocenters. The fourth-order valence-electron chi connectivity index (χ4n) is 4.44. The quantitative estimate of drug-likeness (QED) is 0.477. The van der Waals surface area contributed by atoms with Gasteiger partial charge in [-0.15, -0.1) is 0 Å². The normalized spacial score (nSPS) is 15.8. The summed E-state index contributed by atoms with van der Waals surface area (Å²) < 4.78 is 33.8. The van der Waals surface area contributed by atoms with E-state index in [1.807, 2.05) is 48.5 Å². The number of imidazole rings is 1. The summed E-state index contributed by atoms with van der Waals surface area (Å²) in [6.45, 7) is 0.975. The van der Waals surface area contributed by atoms with E-state index in [-0.39, 0.29) is 0 Å². The average molecular weight is 448 g/mol. The van der Waals surface area contributed by atoms with E-state index in [1.54, 1.807) is 29.6 Å². The Morgan fingerprint density at radius 3 is 2.44 bits per heavy atom. The zero-order valence-electron chi connectivity index (χ0n) is 17.9. The number of sulfonamides is 1. The topological polar surface area (TPSA) is 75.3 Å². The van der Waals surface area contributed by atoms with Crippen molar-refractivity contribution in [3.05, 3.63) is 78.4 Å². The molecule has 1 fully saturated rings. The Bertz CT molecular complexity index is 1340. The molecule has 0 bridgehead atoms. The number of piperidine rings is 1. The van der Waals surface area contributed by atoms with Gasteiger partial charge < -0.3 is 9.72 Å². The minimum absolute atomic E-state index is 0.293. The van der Waals surface area contributed by atoms with Crippen LogP contribution in [0.25, 0.3) is 22.4 Å². The van der Waals surface area contributed by atoms with E-state index < -0.39 is 10.0 Å². The van der Waals surface area contributed by atoms with Gasteiger partial charge in [-0.2, -0.15) is 4.31 Å². The van der Waals surface area contributed by atoms with Crippen molar-refractivity contribution in [3.8, 4) is 17.1 Å². The number of rotatable bonds is 5. The number of hydrogen-bond donors (Lipinski definition) is 1. The lowest BCUT2D eigenvalue weighted by Crippen LogP contribution is -2.37. The van der Waals surface area contributed by atoms with E-state index in [2.05, 4.69) is 16.0 Å². The Morgan fingerprint density at radius 2 is 1.69 bits per heavy atom. The summed E-state index contributed by atoms with van der Waals surface area (Å²) in [5.41, 5.74) is 3.58. The number of fused-ring (bicyclic) bond motifs is 1. The number of aromatic nitrogens is 2. The predicted molar refractivity (Wildman–Crippen MR) is 125 cm³/mol. The number of ether oxygens (including phenoxy) is 1. The molecule has 0 spiro atoms. The number of H-pyrrole nitrogens is 1. The second-order valence-electron chi connectivity index (χ2n) is 8.05. The van der Waals surface area contributed by atoms with Gasteiger partial charge >= 0.3 is 0 Å². The highest BCUT2D eigenvalue weighted by atomic mass is 32.2. The number of para-hydroxylation sites is 1. The fourth-order valence-corrected chi connectivity index (χ4v) is 5.94. The molecule has 0 saturated carbocycles. The molecular weight excluding hydrogens is 422 g/mol. The van der Waals surface area contributed by atoms with Crippen LogP contribution in [-0.2, 0) is 10.0 Å². The first kappa shape index (κ1) is 20.7. The number of hydrogen-bond acceptors (Lipinski definition) is 4. The van der Waals surface area contributed by atoms with E-state index in [9.17, 15) is 8.42 Å². The lowest BCUT2D eigenvalue weighted by atomic mass is 9.89. The van der Waals surface area contributed by atoms with E-state index in [1.165, 1.54) is 0 Å². The molecule has 7 heteroatoms. The molecular formula is C25H25N3O3S. The summed E-state index contributed by atoms with van der Waals surface area (Å²) in [4.78, 5) is 8.16. The van der Waals surface area contributed by atoms with Crippen LogP contribution in [0, 0.1) is 0 Å². The summed E-state index contributed by atoms with van der Waals surface area (Å²) in [6.07, 6.45) is 1.54. The summed E-state index contributed by atoms with van der Waals surface area (Å²) in [7, 11) is -1.90. The summed E-state index contributed by atoms with van der Waals surface area (Å²) in [6, 6.07) is 22.9. The van der Waals surface area contributed by atoms with Crippen LogP contribution in [0.15, 0.2) is 77.7 Å². The van der Waals surface area contributed by atoms with Crippen molar-refractivity contribution in [2.75, 3.05) is 20.2 Å². The van der Waals surface area contributed by atoms with E-state index in [4.69, 9.17) is 4.74 Å². The molecule has 1 aliphatic heterocycles. The monoisotopic (exact) mass is 447 g/mol. The zero-order chi connectivity index (χ0) is 22.1. The Morgan fingerprint density at radius 1 is 0.969 bits per heavy atom. The molecule has 3 aromatic carbocycles. The lowest BCUT2D eigenvalue weighted by molar-refractivity contribution is 0.313. The van der Waals surface area contributed by atoms with Crippen LogP contribution >= 0.6 is 0 Å². The maximum absolute atomic E-state index is 13.3. The highest BCUT2D eigenvalue weighted by molar-refractivity contribution is 7.89. The molecule has 164 valence electrons. The molecule has 0 radical (unpaired) electrons. The van der Waals surface area contributed by atoms with Gasteiger partial charge in [0.05, 0.1) is 23.0 Å². The largest absolute Gasteiger partial charge is 0.496 e. The first-order chi connectivity index (χ1) is 15.6. The standard InChI is InChI=1S/C25H25N3O3S/c1-31-24-10-6-5-9-21(24)18-13-15-28(16-14-18)32(29,30)20-11-12-22-23(17-20)27-25(26-22)19-7-3-2-4-8-19/h2-12,17-18H,13-16H2,1H3,(H,26,27). The molecule has 1 aliphatic rings. The molecule has 6 nitrogen and oxygen atoms in total. The van der Waals surface area contributed by atoms with E-state index in [0.29, 0.717) is 29.4 Å². The number of aromatic amines is 1. The second-order valence-corrected chi connectivity index (χ2v) is 9.99. The van der Waals surface area contributed by atoms with Crippen molar-refractivity contribution in [2.24, 2.45) is 0 Å². The Hall–Kier alpha value is -3.16. The number of nitrogens with zero attached hydrogens (tertiary/aromatic N) is 2. The maximum atomic E-state index is 13.3. The zero-order valence-corrected chi connectivity index (χ0v) is 18.7. The van der Waals surface area contributed by atoms with Crippen LogP contribution < -0.4 is 4.74 Å². The first-order valence-electron chi connectivity index (χ1n) is 10.7. The summed E-state index contributed by atoms with van der Waals surface area (Å²) >= 11 is 0. The van der Waals surface area contributed by atoms with Gasteiger partial charge in [-0.25, -0.2) is 13.4 Å². The molecule has 1 saturated heterocycles. The van der Waals surface area contributed by atoms with Crippen LogP contribution in [0.4, 0.5) is 0 Å². The van der Waals surface area contributed by atoms with Gasteiger partial charge in [0.25, 0.3) is 0 Å². The molecule has 0 unspecified atom stereocenters. The lowest BCUT2D eigenvalue weighted by Gasteiger charge is -2.32. The maximum Gasteiger partial charge on any atom is 0.243 e. The van der Waals surface area contributed by atoms with Crippen molar-refractivity contribution in [2.45, 2.75) is 23.7 Å². The molecule has 5 rings (SSSR count). The van der Waals surface area contributed by atoms with Gasteiger partial charge in [0.1, 0.15) is 11.6 Å². The van der Waals surface area contributed by atoms with Crippen molar-refractivity contribution in [1.82, 2.24) is 14.3 Å². The van der Waals surface area contributed by atoms with Crippen LogP contribution in [0.5, 0.6) is 5.75 Å². The van der Waals surface area contributed by atoms with Crippen molar-refractivity contribution >= 4 is 21.1 Å². The fraction of sp³-hybridized carbons (Fsp3) is 0.240.